The Labute approximate surface area is 162 Å². The van der Waals surface area contributed by atoms with Crippen LogP contribution in [-0.4, -0.2) is 48.9 Å². The second kappa shape index (κ2) is 7.24. The molecule has 1 saturated carbocycles. The summed E-state index contributed by atoms with van der Waals surface area (Å²) in [5, 5.41) is 0. The number of nitrogens with zero attached hydrogens (tertiary/aromatic N) is 2. The van der Waals surface area contributed by atoms with Crippen LogP contribution < -0.4 is 0 Å². The van der Waals surface area contributed by atoms with Gasteiger partial charge in [-0.3, -0.25) is 4.79 Å². The fourth-order valence-electron chi connectivity index (χ4n) is 4.28. The van der Waals surface area contributed by atoms with Gasteiger partial charge in [0.2, 0.25) is 5.91 Å². The van der Waals surface area contributed by atoms with Crippen LogP contribution in [0.4, 0.5) is 13.2 Å². The molecule has 0 N–H and O–H groups in total. The quantitative estimate of drug-likeness (QED) is 0.794. The van der Waals surface area contributed by atoms with Crippen LogP contribution in [-0.2, 0) is 11.0 Å². The van der Waals surface area contributed by atoms with Crippen molar-refractivity contribution >= 4 is 5.91 Å². The first kappa shape index (κ1) is 19.0. The highest BCUT2D eigenvalue weighted by molar-refractivity contribution is 5.85. The van der Waals surface area contributed by atoms with E-state index in [0.29, 0.717) is 18.7 Å². The number of hydrogen-bond acceptors (Lipinski definition) is 2. The van der Waals surface area contributed by atoms with Crippen LogP contribution in [0.5, 0.6) is 0 Å². The highest BCUT2D eigenvalue weighted by Gasteiger charge is 2.57. The lowest BCUT2D eigenvalue weighted by molar-refractivity contribution is -0.137. The third-order valence-corrected chi connectivity index (χ3v) is 5.90. The minimum absolute atomic E-state index is 0.0596. The van der Waals surface area contributed by atoms with Gasteiger partial charge in [-0.05, 0) is 24.2 Å². The highest BCUT2D eigenvalue weighted by atomic mass is 19.4. The highest BCUT2D eigenvalue weighted by Crippen LogP contribution is 2.61. The number of amides is 1. The van der Waals surface area contributed by atoms with Gasteiger partial charge in [-0.25, -0.2) is 0 Å². The van der Waals surface area contributed by atoms with E-state index in [4.69, 9.17) is 0 Å². The first-order chi connectivity index (χ1) is 13.4. The largest absolute Gasteiger partial charge is 0.416 e. The van der Waals surface area contributed by atoms with Gasteiger partial charge in [0, 0.05) is 38.0 Å². The molecule has 4 rings (SSSR count). The van der Waals surface area contributed by atoms with Gasteiger partial charge in [-0.2, -0.15) is 13.2 Å². The number of rotatable bonds is 3. The standard InChI is InChI=1S/C22H23F3N2O/c1-26-10-12-27(13-11-26)21(28)20-18(15-6-3-2-4-7-15)19(20)16-8-5-9-17(14-16)22(23,24)25/h2-9,14,18-20H,10-13H2,1H3. The van der Waals surface area contributed by atoms with Crippen molar-refractivity contribution in [2.45, 2.75) is 18.0 Å². The van der Waals surface area contributed by atoms with Crippen molar-refractivity contribution in [3.63, 3.8) is 0 Å². The summed E-state index contributed by atoms with van der Waals surface area (Å²) in [7, 11) is 2.02. The van der Waals surface area contributed by atoms with E-state index in [9.17, 15) is 18.0 Å². The van der Waals surface area contributed by atoms with E-state index >= 15 is 0 Å². The molecule has 0 bridgehead atoms. The molecule has 0 aromatic heterocycles. The summed E-state index contributed by atoms with van der Waals surface area (Å²) in [4.78, 5) is 17.2. The van der Waals surface area contributed by atoms with E-state index in [1.807, 2.05) is 42.3 Å². The third-order valence-electron chi connectivity index (χ3n) is 5.90. The Morgan fingerprint density at radius 2 is 1.50 bits per heavy atom. The van der Waals surface area contributed by atoms with Crippen molar-refractivity contribution in [2.24, 2.45) is 5.92 Å². The van der Waals surface area contributed by atoms with Gasteiger partial charge in [0.05, 0.1) is 11.5 Å². The van der Waals surface area contributed by atoms with Gasteiger partial charge in [0.15, 0.2) is 0 Å². The molecule has 1 amide bonds. The van der Waals surface area contributed by atoms with E-state index in [1.54, 1.807) is 6.07 Å². The molecule has 0 spiro atoms. The van der Waals surface area contributed by atoms with Crippen LogP contribution in [0.15, 0.2) is 54.6 Å². The molecule has 3 unspecified atom stereocenters. The van der Waals surface area contributed by atoms with Crippen LogP contribution in [0.3, 0.4) is 0 Å². The van der Waals surface area contributed by atoms with Crippen molar-refractivity contribution in [3.8, 4) is 0 Å². The Kier molecular flexibility index (Phi) is 4.91. The van der Waals surface area contributed by atoms with Crippen molar-refractivity contribution in [3.05, 3.63) is 71.3 Å². The second-order valence-corrected chi connectivity index (χ2v) is 7.74. The molecular weight excluding hydrogens is 365 g/mol. The van der Waals surface area contributed by atoms with Crippen LogP contribution in [0.25, 0.3) is 0 Å². The molecule has 1 aliphatic carbocycles. The zero-order chi connectivity index (χ0) is 19.9. The maximum absolute atomic E-state index is 13.2. The van der Waals surface area contributed by atoms with Crippen LogP contribution >= 0.6 is 0 Å². The molecule has 2 fully saturated rings. The SMILES string of the molecule is CN1CCN(C(=O)C2C(c3ccccc3)C2c2cccc(C(F)(F)F)c2)CC1. The monoisotopic (exact) mass is 388 g/mol. The minimum Gasteiger partial charge on any atom is -0.340 e. The van der Waals surface area contributed by atoms with Crippen LogP contribution in [0, 0.1) is 5.92 Å². The number of carbonyl (C=O) groups excluding carboxylic acids is 1. The van der Waals surface area contributed by atoms with E-state index < -0.39 is 11.7 Å². The number of likely N-dealkylation sites (N-methyl/N-ethyl adjacent to an activating group) is 1. The fourth-order valence-corrected chi connectivity index (χ4v) is 4.28. The molecule has 0 radical (unpaired) electrons. The van der Waals surface area contributed by atoms with E-state index in [2.05, 4.69) is 4.90 Å². The molecular formula is C22H23F3N2O. The Morgan fingerprint density at radius 3 is 2.14 bits per heavy atom. The summed E-state index contributed by atoms with van der Waals surface area (Å²) in [5.74, 6) is -0.521. The van der Waals surface area contributed by atoms with Crippen molar-refractivity contribution < 1.29 is 18.0 Å². The summed E-state index contributed by atoms with van der Waals surface area (Å²) in [6.07, 6.45) is -4.38. The van der Waals surface area contributed by atoms with E-state index in [-0.39, 0.29) is 23.7 Å². The van der Waals surface area contributed by atoms with Gasteiger partial charge in [0.1, 0.15) is 0 Å². The summed E-state index contributed by atoms with van der Waals surface area (Å²) < 4.78 is 39.5. The molecule has 2 aromatic carbocycles. The fraction of sp³-hybridized carbons (Fsp3) is 0.409. The number of alkyl halides is 3. The second-order valence-electron chi connectivity index (χ2n) is 7.74. The van der Waals surface area contributed by atoms with Gasteiger partial charge in [0.25, 0.3) is 0 Å². The summed E-state index contributed by atoms with van der Waals surface area (Å²) in [6.45, 7) is 2.98. The lowest BCUT2D eigenvalue weighted by Gasteiger charge is -2.32. The Bertz CT molecular complexity index is 844. The topological polar surface area (TPSA) is 23.6 Å². The Balaban J connectivity index is 1.63. The maximum Gasteiger partial charge on any atom is 0.416 e. The molecule has 2 aromatic rings. The van der Waals surface area contributed by atoms with E-state index in [0.717, 1.165) is 24.7 Å². The predicted molar refractivity (Wildman–Crippen MR) is 101 cm³/mol. The third kappa shape index (κ3) is 3.65. The van der Waals surface area contributed by atoms with Crippen LogP contribution in [0.1, 0.15) is 28.5 Å². The van der Waals surface area contributed by atoms with Gasteiger partial charge in [-0.1, -0.05) is 48.5 Å². The van der Waals surface area contributed by atoms with Gasteiger partial charge in [-0.15, -0.1) is 0 Å². The molecule has 3 nitrogen and oxygen atoms in total. The number of piperazine rings is 1. The smallest absolute Gasteiger partial charge is 0.340 e. The first-order valence-electron chi connectivity index (χ1n) is 9.55. The lowest BCUT2D eigenvalue weighted by atomic mass is 10.0. The zero-order valence-corrected chi connectivity index (χ0v) is 15.7. The zero-order valence-electron chi connectivity index (χ0n) is 15.7. The predicted octanol–water partition coefficient (Wildman–Crippen LogP) is 3.98. The average Bonchev–Trinajstić information content (AvgIpc) is 3.44. The molecule has 1 aliphatic heterocycles. The molecule has 3 atom stereocenters. The van der Waals surface area contributed by atoms with Crippen molar-refractivity contribution in [1.29, 1.82) is 0 Å². The molecule has 2 aliphatic rings. The Hall–Kier alpha value is -2.34. The van der Waals surface area contributed by atoms with Gasteiger partial charge < -0.3 is 9.80 Å². The summed E-state index contributed by atoms with van der Waals surface area (Å²) in [5.41, 5.74) is 0.947. The number of halogens is 3. The minimum atomic E-state index is -4.38. The van der Waals surface area contributed by atoms with E-state index in [1.165, 1.54) is 12.1 Å². The summed E-state index contributed by atoms with van der Waals surface area (Å²) in [6, 6.07) is 15.1. The number of benzene rings is 2. The molecule has 6 heteroatoms. The van der Waals surface area contributed by atoms with Crippen molar-refractivity contribution in [2.75, 3.05) is 33.2 Å². The molecule has 1 saturated heterocycles. The number of hydrogen-bond donors (Lipinski definition) is 0. The number of carbonyl (C=O) groups is 1. The molecule has 1 heterocycles. The first-order valence-corrected chi connectivity index (χ1v) is 9.55. The van der Waals surface area contributed by atoms with Crippen molar-refractivity contribution in [1.82, 2.24) is 9.80 Å². The normalized spacial score (nSPS) is 25.6. The summed E-state index contributed by atoms with van der Waals surface area (Å²) >= 11 is 0. The van der Waals surface area contributed by atoms with Crippen LogP contribution in [0.2, 0.25) is 0 Å². The Morgan fingerprint density at radius 1 is 0.893 bits per heavy atom. The molecule has 148 valence electrons. The maximum atomic E-state index is 13.2. The average molecular weight is 388 g/mol. The molecule has 28 heavy (non-hydrogen) atoms. The lowest BCUT2D eigenvalue weighted by Crippen LogP contribution is -2.47. The van der Waals surface area contributed by atoms with Gasteiger partial charge >= 0.3 is 6.18 Å².